The van der Waals surface area contributed by atoms with Gasteiger partial charge in [0.1, 0.15) is 6.04 Å². The van der Waals surface area contributed by atoms with Gasteiger partial charge in [0.15, 0.2) is 0 Å². The van der Waals surface area contributed by atoms with Crippen LogP contribution in [0, 0.1) is 12.8 Å². The number of rotatable bonds is 10. The van der Waals surface area contributed by atoms with Crippen molar-refractivity contribution >= 4 is 46.8 Å². The van der Waals surface area contributed by atoms with Gasteiger partial charge in [-0.25, -0.2) is 0 Å². The summed E-state index contributed by atoms with van der Waals surface area (Å²) in [5, 5.41) is 4.11. The van der Waals surface area contributed by atoms with Crippen LogP contribution in [0.25, 0.3) is 0 Å². The smallest absolute Gasteiger partial charge is 0.242 e. The summed E-state index contributed by atoms with van der Waals surface area (Å²) in [5.41, 5.74) is 3.07. The van der Waals surface area contributed by atoms with Crippen LogP contribution in [0.1, 0.15) is 37.5 Å². The summed E-state index contributed by atoms with van der Waals surface area (Å²) in [5.74, 6) is 0.973. The Bertz CT molecular complexity index is 888. The third kappa shape index (κ3) is 8.40. The zero-order valence-electron chi connectivity index (χ0n) is 18.5. The summed E-state index contributed by atoms with van der Waals surface area (Å²) in [6.07, 6.45) is 0. The summed E-state index contributed by atoms with van der Waals surface area (Å²) in [6.45, 7) is 8.85. The largest absolute Gasteiger partial charge is 0.354 e. The monoisotopic (exact) mass is 480 g/mol. The van der Waals surface area contributed by atoms with Crippen molar-refractivity contribution in [2.75, 3.05) is 12.3 Å². The molecule has 0 spiro atoms. The molecule has 0 aliphatic heterocycles. The third-order valence-corrected chi connectivity index (χ3v) is 6.38. The van der Waals surface area contributed by atoms with Crippen molar-refractivity contribution in [1.82, 2.24) is 10.2 Å². The summed E-state index contributed by atoms with van der Waals surface area (Å²) in [4.78, 5) is 27.4. The van der Waals surface area contributed by atoms with E-state index in [4.69, 9.17) is 23.2 Å². The first-order valence-corrected chi connectivity index (χ1v) is 12.2. The lowest BCUT2D eigenvalue weighted by Gasteiger charge is -2.29. The number of nitrogens with one attached hydrogen (secondary N) is 1. The van der Waals surface area contributed by atoms with Gasteiger partial charge in [-0.15, -0.1) is 11.8 Å². The second-order valence-corrected chi connectivity index (χ2v) is 9.88. The molecule has 1 N–H and O–H groups in total. The Kier molecular flexibility index (Phi) is 10.2. The first kappa shape index (κ1) is 25.6. The molecule has 31 heavy (non-hydrogen) atoms. The van der Waals surface area contributed by atoms with Crippen molar-refractivity contribution in [3.05, 3.63) is 69.2 Å². The van der Waals surface area contributed by atoms with E-state index in [1.54, 1.807) is 24.0 Å². The second kappa shape index (κ2) is 12.4. The van der Waals surface area contributed by atoms with Crippen molar-refractivity contribution in [3.8, 4) is 0 Å². The molecule has 0 fully saturated rings. The maximum atomic E-state index is 13.1. The fraction of sp³-hybridized carbons (Fsp3) is 0.417. The molecule has 0 bridgehead atoms. The Hall–Kier alpha value is -1.69. The minimum absolute atomic E-state index is 0.0807. The number of nitrogens with zero attached hydrogens (tertiary/aromatic N) is 1. The van der Waals surface area contributed by atoms with Crippen LogP contribution < -0.4 is 5.32 Å². The quantitative estimate of drug-likeness (QED) is 0.472. The normalized spacial score (nSPS) is 12.0. The van der Waals surface area contributed by atoms with E-state index in [0.717, 1.165) is 16.7 Å². The molecule has 0 unspecified atom stereocenters. The molecule has 0 saturated carbocycles. The number of hydrogen-bond acceptors (Lipinski definition) is 3. The van der Waals surface area contributed by atoms with E-state index in [0.29, 0.717) is 34.8 Å². The Labute approximate surface area is 199 Å². The molecule has 0 radical (unpaired) electrons. The van der Waals surface area contributed by atoms with Crippen molar-refractivity contribution in [2.45, 2.75) is 46.0 Å². The van der Waals surface area contributed by atoms with Gasteiger partial charge >= 0.3 is 0 Å². The van der Waals surface area contributed by atoms with Crippen LogP contribution in [0.2, 0.25) is 10.0 Å². The Balaban J connectivity index is 2.07. The zero-order valence-corrected chi connectivity index (χ0v) is 20.8. The molecule has 0 saturated heterocycles. The first-order valence-electron chi connectivity index (χ1n) is 10.3. The summed E-state index contributed by atoms with van der Waals surface area (Å²) in [7, 11) is 0. The van der Waals surface area contributed by atoms with E-state index in [-0.39, 0.29) is 17.6 Å². The van der Waals surface area contributed by atoms with Crippen LogP contribution in [0.3, 0.4) is 0 Å². The third-order valence-electron chi connectivity index (χ3n) is 4.82. The number of aryl methyl sites for hydroxylation is 1. The molecular weight excluding hydrogens is 451 g/mol. The topological polar surface area (TPSA) is 49.4 Å². The SMILES string of the molecule is Cc1ccc(CN(C(=O)CSCc2ccc(Cl)cc2Cl)[C@@H](C)C(=O)NCC(C)C)cc1. The average molecular weight is 481 g/mol. The highest BCUT2D eigenvalue weighted by Gasteiger charge is 2.26. The van der Waals surface area contributed by atoms with Crippen LogP contribution >= 0.6 is 35.0 Å². The number of benzene rings is 2. The molecule has 0 aliphatic rings. The number of halogens is 2. The Morgan fingerprint density at radius 2 is 1.74 bits per heavy atom. The van der Waals surface area contributed by atoms with Crippen LogP contribution in [0.4, 0.5) is 0 Å². The molecule has 7 heteroatoms. The first-order chi connectivity index (χ1) is 14.7. The maximum absolute atomic E-state index is 13.1. The molecule has 168 valence electrons. The highest BCUT2D eigenvalue weighted by molar-refractivity contribution is 7.99. The van der Waals surface area contributed by atoms with Gasteiger partial charge in [-0.1, -0.05) is 72.9 Å². The van der Waals surface area contributed by atoms with Crippen LogP contribution in [0.15, 0.2) is 42.5 Å². The van der Waals surface area contributed by atoms with E-state index >= 15 is 0 Å². The minimum atomic E-state index is -0.563. The highest BCUT2D eigenvalue weighted by Crippen LogP contribution is 2.25. The lowest BCUT2D eigenvalue weighted by molar-refractivity contribution is -0.138. The lowest BCUT2D eigenvalue weighted by Crippen LogP contribution is -2.48. The molecule has 2 amide bonds. The van der Waals surface area contributed by atoms with E-state index in [1.165, 1.54) is 11.8 Å². The van der Waals surface area contributed by atoms with Gasteiger partial charge < -0.3 is 10.2 Å². The van der Waals surface area contributed by atoms with Crippen molar-refractivity contribution in [2.24, 2.45) is 5.92 Å². The lowest BCUT2D eigenvalue weighted by atomic mass is 10.1. The molecule has 2 rings (SSSR count). The molecular formula is C24H30Cl2N2O2S. The predicted octanol–water partition coefficient (Wildman–Crippen LogP) is 5.72. The standard InChI is InChI=1S/C24H30Cl2N2O2S/c1-16(2)12-27-24(30)18(4)28(13-19-7-5-17(3)6-8-19)23(29)15-31-14-20-9-10-21(25)11-22(20)26/h5-11,16,18H,12-15H2,1-4H3,(H,27,30)/t18-/m0/s1. The fourth-order valence-electron chi connectivity index (χ4n) is 2.90. The summed E-state index contributed by atoms with van der Waals surface area (Å²) < 4.78 is 0. The number of hydrogen-bond donors (Lipinski definition) is 1. The van der Waals surface area contributed by atoms with Gasteiger partial charge in [0.05, 0.1) is 5.75 Å². The van der Waals surface area contributed by atoms with Gasteiger partial charge in [0, 0.05) is 28.9 Å². The predicted molar refractivity (Wildman–Crippen MR) is 132 cm³/mol. The number of thioether (sulfide) groups is 1. The number of carbonyl (C=O) groups is 2. The average Bonchev–Trinajstić information content (AvgIpc) is 2.72. The van der Waals surface area contributed by atoms with Gasteiger partial charge in [0.25, 0.3) is 0 Å². The molecule has 4 nitrogen and oxygen atoms in total. The molecule has 1 atom stereocenters. The number of carbonyl (C=O) groups excluding carboxylic acids is 2. The highest BCUT2D eigenvalue weighted by atomic mass is 35.5. The van der Waals surface area contributed by atoms with E-state index < -0.39 is 6.04 Å². The maximum Gasteiger partial charge on any atom is 0.242 e. The van der Waals surface area contributed by atoms with E-state index in [2.05, 4.69) is 5.32 Å². The van der Waals surface area contributed by atoms with Crippen molar-refractivity contribution in [1.29, 1.82) is 0 Å². The molecule has 2 aromatic rings. The van der Waals surface area contributed by atoms with E-state index in [1.807, 2.05) is 51.1 Å². The fourth-order valence-corrected chi connectivity index (χ4v) is 4.36. The summed E-state index contributed by atoms with van der Waals surface area (Å²) >= 11 is 13.7. The van der Waals surface area contributed by atoms with Crippen molar-refractivity contribution in [3.63, 3.8) is 0 Å². The zero-order chi connectivity index (χ0) is 23.0. The van der Waals surface area contributed by atoms with Gasteiger partial charge in [0.2, 0.25) is 11.8 Å². The molecule has 0 aromatic heterocycles. The second-order valence-electron chi connectivity index (χ2n) is 8.05. The van der Waals surface area contributed by atoms with Crippen LogP contribution in [-0.4, -0.2) is 35.1 Å². The molecule has 0 heterocycles. The minimum Gasteiger partial charge on any atom is -0.354 e. The van der Waals surface area contributed by atoms with E-state index in [9.17, 15) is 9.59 Å². The van der Waals surface area contributed by atoms with Crippen molar-refractivity contribution < 1.29 is 9.59 Å². The van der Waals surface area contributed by atoms with Crippen LogP contribution in [0.5, 0.6) is 0 Å². The molecule has 2 aromatic carbocycles. The Morgan fingerprint density at radius 1 is 1.06 bits per heavy atom. The Morgan fingerprint density at radius 3 is 2.35 bits per heavy atom. The van der Waals surface area contributed by atoms with Crippen LogP contribution in [-0.2, 0) is 21.9 Å². The van der Waals surface area contributed by atoms with Gasteiger partial charge in [-0.2, -0.15) is 0 Å². The summed E-state index contributed by atoms with van der Waals surface area (Å²) in [6, 6.07) is 12.8. The molecule has 0 aliphatic carbocycles. The van der Waals surface area contributed by atoms with Gasteiger partial charge in [-0.05, 0) is 43.0 Å². The van der Waals surface area contributed by atoms with Gasteiger partial charge in [-0.3, -0.25) is 9.59 Å². The number of amides is 2.